The van der Waals surface area contributed by atoms with Crippen LogP contribution in [0.1, 0.15) is 5.56 Å². The number of halogens is 2. The van der Waals surface area contributed by atoms with Gasteiger partial charge in [0, 0.05) is 19.1 Å². The van der Waals surface area contributed by atoms with Crippen LogP contribution >= 0.6 is 27.5 Å². The van der Waals surface area contributed by atoms with E-state index < -0.39 is 5.01 Å². The number of benzene rings is 1. The summed E-state index contributed by atoms with van der Waals surface area (Å²) in [6, 6.07) is 7.18. The molecule has 0 aromatic heterocycles. The van der Waals surface area contributed by atoms with Crippen LogP contribution in [0.25, 0.3) is 5.57 Å². The van der Waals surface area contributed by atoms with E-state index in [1.807, 2.05) is 26.2 Å². The van der Waals surface area contributed by atoms with Crippen molar-refractivity contribution in [3.05, 3.63) is 40.7 Å². The Kier molecular flexibility index (Phi) is 3.45. The van der Waals surface area contributed by atoms with Crippen LogP contribution in [0.4, 0.5) is 0 Å². The lowest BCUT2D eigenvalue weighted by Gasteiger charge is -2.15. The molecule has 1 unspecified atom stereocenters. The standard InChI is InChI=1S/C12H11BrClNO2/c1-15(2)12-9(10(16)11(13)17-12)7-4-3-5-8(14)6-7/h3-6,11H,1-2H3. The summed E-state index contributed by atoms with van der Waals surface area (Å²) < 4.78 is 5.47. The van der Waals surface area contributed by atoms with Crippen molar-refractivity contribution in [3.63, 3.8) is 0 Å². The molecule has 0 bridgehead atoms. The quantitative estimate of drug-likeness (QED) is 0.786. The third-order valence-corrected chi connectivity index (χ3v) is 3.24. The molecule has 1 aromatic rings. The van der Waals surface area contributed by atoms with Crippen LogP contribution in [0.2, 0.25) is 5.02 Å². The summed E-state index contributed by atoms with van der Waals surface area (Å²) in [6.45, 7) is 0. The van der Waals surface area contributed by atoms with E-state index in [0.717, 1.165) is 5.56 Å². The number of nitrogens with zero attached hydrogens (tertiary/aromatic N) is 1. The van der Waals surface area contributed by atoms with Crippen LogP contribution in [0.5, 0.6) is 0 Å². The zero-order valence-electron chi connectivity index (χ0n) is 9.41. The average molecular weight is 317 g/mol. The SMILES string of the molecule is CN(C)C1=C(c2cccc(Cl)c2)C(=O)C(Br)O1. The highest BCUT2D eigenvalue weighted by atomic mass is 79.9. The zero-order valence-corrected chi connectivity index (χ0v) is 11.7. The van der Waals surface area contributed by atoms with E-state index >= 15 is 0 Å². The summed E-state index contributed by atoms with van der Waals surface area (Å²) in [5.74, 6) is 0.468. The number of carbonyl (C=O) groups excluding carboxylic acids is 1. The highest BCUT2D eigenvalue weighted by molar-refractivity contribution is 9.09. The molecule has 17 heavy (non-hydrogen) atoms. The minimum Gasteiger partial charge on any atom is -0.455 e. The van der Waals surface area contributed by atoms with Crippen molar-refractivity contribution in [1.29, 1.82) is 0 Å². The van der Waals surface area contributed by atoms with E-state index in [9.17, 15) is 4.79 Å². The molecule has 2 rings (SSSR count). The Balaban J connectivity index is 2.53. The molecule has 0 fully saturated rings. The van der Waals surface area contributed by atoms with Crippen LogP contribution < -0.4 is 0 Å². The summed E-state index contributed by atoms with van der Waals surface area (Å²) in [5.41, 5.74) is 1.33. The molecular weight excluding hydrogens is 305 g/mol. The molecular formula is C12H11BrClNO2. The fourth-order valence-corrected chi connectivity index (χ4v) is 2.26. The minimum atomic E-state index is -0.617. The second-order valence-corrected chi connectivity index (χ2v) is 5.15. The second kappa shape index (κ2) is 4.70. The number of hydrogen-bond donors (Lipinski definition) is 0. The Labute approximate surface area is 113 Å². The molecule has 0 saturated carbocycles. The van der Waals surface area contributed by atoms with Crippen molar-refractivity contribution in [2.24, 2.45) is 0 Å². The van der Waals surface area contributed by atoms with E-state index in [0.29, 0.717) is 16.5 Å². The minimum absolute atomic E-state index is 0.0871. The monoisotopic (exact) mass is 315 g/mol. The number of alkyl halides is 1. The Hall–Kier alpha value is -1.00. The average Bonchev–Trinajstić information content (AvgIpc) is 2.56. The number of ketones is 1. The third kappa shape index (κ3) is 2.33. The van der Waals surface area contributed by atoms with E-state index in [1.165, 1.54) is 0 Å². The maximum Gasteiger partial charge on any atom is 0.220 e. The maximum atomic E-state index is 12.0. The molecule has 0 amide bonds. The lowest BCUT2D eigenvalue weighted by Crippen LogP contribution is -2.13. The lowest BCUT2D eigenvalue weighted by atomic mass is 10.0. The first-order valence-corrected chi connectivity index (χ1v) is 6.32. The van der Waals surface area contributed by atoms with Crippen LogP contribution in [-0.4, -0.2) is 29.8 Å². The van der Waals surface area contributed by atoms with E-state index in [-0.39, 0.29) is 5.78 Å². The molecule has 1 aliphatic rings. The van der Waals surface area contributed by atoms with Crippen molar-refractivity contribution in [3.8, 4) is 0 Å². The molecule has 0 spiro atoms. The Bertz CT molecular complexity index is 499. The smallest absolute Gasteiger partial charge is 0.220 e. The van der Waals surface area contributed by atoms with E-state index in [2.05, 4.69) is 15.9 Å². The van der Waals surface area contributed by atoms with Gasteiger partial charge in [-0.25, -0.2) is 0 Å². The maximum absolute atomic E-state index is 12.0. The van der Waals surface area contributed by atoms with Gasteiger partial charge in [-0.05, 0) is 33.6 Å². The van der Waals surface area contributed by atoms with E-state index in [1.54, 1.807) is 17.0 Å². The molecule has 1 atom stereocenters. The highest BCUT2D eigenvalue weighted by Gasteiger charge is 2.35. The molecule has 0 saturated heterocycles. The number of carbonyl (C=O) groups is 1. The topological polar surface area (TPSA) is 29.5 Å². The van der Waals surface area contributed by atoms with Gasteiger partial charge in [-0.2, -0.15) is 0 Å². The first kappa shape index (κ1) is 12.5. The molecule has 90 valence electrons. The summed E-state index contributed by atoms with van der Waals surface area (Å²) in [4.78, 5) is 13.8. The zero-order chi connectivity index (χ0) is 12.6. The number of rotatable bonds is 2. The molecule has 1 aliphatic heterocycles. The molecule has 1 aromatic carbocycles. The summed E-state index contributed by atoms with van der Waals surface area (Å²) >= 11 is 9.13. The summed E-state index contributed by atoms with van der Waals surface area (Å²) in [5, 5.41) is -0.0205. The highest BCUT2D eigenvalue weighted by Crippen LogP contribution is 2.34. The molecule has 0 N–H and O–H groups in total. The van der Waals surface area contributed by atoms with Gasteiger partial charge in [-0.1, -0.05) is 23.7 Å². The normalized spacial score (nSPS) is 19.5. The van der Waals surface area contributed by atoms with Gasteiger partial charge in [0.1, 0.15) is 0 Å². The Morgan fingerprint density at radius 3 is 2.71 bits per heavy atom. The van der Waals surface area contributed by atoms with Crippen LogP contribution in [0, 0.1) is 0 Å². The molecule has 5 heteroatoms. The van der Waals surface area contributed by atoms with Crippen molar-refractivity contribution in [2.45, 2.75) is 5.01 Å². The Morgan fingerprint density at radius 1 is 1.41 bits per heavy atom. The van der Waals surface area contributed by atoms with Gasteiger partial charge in [0.2, 0.25) is 16.7 Å². The largest absolute Gasteiger partial charge is 0.455 e. The third-order valence-electron chi connectivity index (χ3n) is 2.40. The van der Waals surface area contributed by atoms with Gasteiger partial charge in [-0.15, -0.1) is 0 Å². The van der Waals surface area contributed by atoms with Crippen LogP contribution in [0.15, 0.2) is 30.1 Å². The Morgan fingerprint density at radius 2 is 2.12 bits per heavy atom. The number of hydrogen-bond acceptors (Lipinski definition) is 3. The number of ether oxygens (including phenoxy) is 1. The molecule has 1 heterocycles. The fourth-order valence-electron chi connectivity index (χ4n) is 1.67. The second-order valence-electron chi connectivity index (χ2n) is 3.88. The van der Waals surface area contributed by atoms with Gasteiger partial charge in [-0.3, -0.25) is 4.79 Å². The van der Waals surface area contributed by atoms with Crippen LogP contribution in [-0.2, 0) is 9.53 Å². The first-order chi connectivity index (χ1) is 8.00. The lowest BCUT2D eigenvalue weighted by molar-refractivity contribution is -0.116. The molecule has 0 radical (unpaired) electrons. The van der Waals surface area contributed by atoms with Crippen molar-refractivity contribution < 1.29 is 9.53 Å². The predicted molar refractivity (Wildman–Crippen MR) is 70.9 cm³/mol. The van der Waals surface area contributed by atoms with Crippen molar-refractivity contribution in [2.75, 3.05) is 14.1 Å². The van der Waals surface area contributed by atoms with Gasteiger partial charge >= 0.3 is 0 Å². The predicted octanol–water partition coefficient (Wildman–Crippen LogP) is 2.89. The molecule has 0 aliphatic carbocycles. The summed E-state index contributed by atoms with van der Waals surface area (Å²) in [6.07, 6.45) is 0. The van der Waals surface area contributed by atoms with Gasteiger partial charge in [0.05, 0.1) is 5.57 Å². The van der Waals surface area contributed by atoms with Gasteiger partial charge < -0.3 is 9.64 Å². The molecule has 3 nitrogen and oxygen atoms in total. The van der Waals surface area contributed by atoms with Gasteiger partial charge in [0.25, 0.3) is 0 Å². The summed E-state index contributed by atoms with van der Waals surface area (Å²) in [7, 11) is 3.66. The van der Waals surface area contributed by atoms with Crippen LogP contribution in [0.3, 0.4) is 0 Å². The van der Waals surface area contributed by atoms with E-state index in [4.69, 9.17) is 16.3 Å². The van der Waals surface area contributed by atoms with Gasteiger partial charge in [0.15, 0.2) is 0 Å². The van der Waals surface area contributed by atoms with Crippen molar-refractivity contribution in [1.82, 2.24) is 4.90 Å². The first-order valence-electron chi connectivity index (χ1n) is 5.03. The fraction of sp³-hybridized carbons (Fsp3) is 0.250. The van der Waals surface area contributed by atoms with Crippen molar-refractivity contribution >= 4 is 38.9 Å². The number of Topliss-reactive ketones (excluding diaryl/α,β-unsaturated/α-hetero) is 1.